The Balaban J connectivity index is 2.39. The van der Waals surface area contributed by atoms with Crippen molar-refractivity contribution in [2.75, 3.05) is 7.11 Å². The fourth-order valence-electron chi connectivity index (χ4n) is 1.64. The average molecular weight is 262 g/mol. The van der Waals surface area contributed by atoms with Gasteiger partial charge >= 0.3 is 0 Å². The second-order valence-electron chi connectivity index (χ2n) is 4.12. The van der Waals surface area contributed by atoms with Crippen molar-refractivity contribution < 1.29 is 9.84 Å². The minimum Gasteiger partial charge on any atom is -0.495 e. The van der Waals surface area contributed by atoms with Crippen molar-refractivity contribution >= 4 is 23.2 Å². The SMILES string of the molecule is COc1ccc(C(O)C2(N)CC2)c(Cl)c1Cl. The largest absolute Gasteiger partial charge is 0.495 e. The molecule has 3 nitrogen and oxygen atoms in total. The molecule has 88 valence electrons. The molecule has 1 saturated carbocycles. The topological polar surface area (TPSA) is 55.5 Å². The van der Waals surface area contributed by atoms with Crippen LogP contribution >= 0.6 is 23.2 Å². The van der Waals surface area contributed by atoms with E-state index in [-0.39, 0.29) is 0 Å². The maximum Gasteiger partial charge on any atom is 0.139 e. The zero-order chi connectivity index (χ0) is 11.9. The zero-order valence-corrected chi connectivity index (χ0v) is 10.3. The van der Waals surface area contributed by atoms with Gasteiger partial charge in [0.1, 0.15) is 10.8 Å². The van der Waals surface area contributed by atoms with Gasteiger partial charge in [0.25, 0.3) is 0 Å². The molecule has 2 rings (SSSR count). The highest BCUT2D eigenvalue weighted by Crippen LogP contribution is 2.47. The van der Waals surface area contributed by atoms with Crippen molar-refractivity contribution in [3.63, 3.8) is 0 Å². The first kappa shape index (κ1) is 12.0. The molecule has 0 aromatic heterocycles. The van der Waals surface area contributed by atoms with Crippen LogP contribution in [0.5, 0.6) is 5.75 Å². The summed E-state index contributed by atoms with van der Waals surface area (Å²) in [5.74, 6) is 0.490. The Morgan fingerprint density at radius 1 is 1.38 bits per heavy atom. The molecule has 5 heteroatoms. The predicted molar refractivity (Wildman–Crippen MR) is 64.1 cm³/mol. The van der Waals surface area contributed by atoms with Gasteiger partial charge in [-0.25, -0.2) is 0 Å². The van der Waals surface area contributed by atoms with Gasteiger partial charge in [-0.2, -0.15) is 0 Å². The van der Waals surface area contributed by atoms with Gasteiger partial charge in [0.15, 0.2) is 0 Å². The van der Waals surface area contributed by atoms with Crippen LogP contribution in [0.25, 0.3) is 0 Å². The van der Waals surface area contributed by atoms with E-state index >= 15 is 0 Å². The van der Waals surface area contributed by atoms with Crippen molar-refractivity contribution in [1.82, 2.24) is 0 Å². The lowest BCUT2D eigenvalue weighted by Crippen LogP contribution is -2.30. The second-order valence-corrected chi connectivity index (χ2v) is 4.88. The average Bonchev–Trinajstić information content (AvgIpc) is 3.01. The summed E-state index contributed by atoms with van der Waals surface area (Å²) in [5.41, 5.74) is 5.95. The summed E-state index contributed by atoms with van der Waals surface area (Å²) in [5, 5.41) is 10.7. The van der Waals surface area contributed by atoms with Crippen molar-refractivity contribution in [3.05, 3.63) is 27.7 Å². The molecule has 1 aliphatic rings. The highest BCUT2D eigenvalue weighted by Gasteiger charge is 2.46. The number of methoxy groups -OCH3 is 1. The Morgan fingerprint density at radius 3 is 2.50 bits per heavy atom. The normalized spacial score (nSPS) is 19.3. The molecular weight excluding hydrogens is 249 g/mol. The van der Waals surface area contributed by atoms with Crippen molar-refractivity contribution in [3.8, 4) is 5.75 Å². The van der Waals surface area contributed by atoms with Gasteiger partial charge in [-0.15, -0.1) is 0 Å². The third kappa shape index (κ3) is 1.89. The van der Waals surface area contributed by atoms with Crippen molar-refractivity contribution in [2.24, 2.45) is 5.73 Å². The number of hydrogen-bond acceptors (Lipinski definition) is 3. The minimum atomic E-state index is -0.775. The van der Waals surface area contributed by atoms with Gasteiger partial charge in [0, 0.05) is 11.1 Å². The maximum absolute atomic E-state index is 10.1. The molecule has 1 aromatic rings. The number of aliphatic hydroxyl groups excluding tert-OH is 1. The van der Waals surface area contributed by atoms with E-state index in [2.05, 4.69) is 0 Å². The lowest BCUT2D eigenvalue weighted by molar-refractivity contribution is 0.136. The predicted octanol–water partition coefficient (Wildman–Crippen LogP) is 2.53. The molecule has 1 atom stereocenters. The van der Waals surface area contributed by atoms with Gasteiger partial charge in [-0.05, 0) is 18.9 Å². The van der Waals surface area contributed by atoms with Crippen LogP contribution < -0.4 is 10.5 Å². The van der Waals surface area contributed by atoms with E-state index in [1.807, 2.05) is 0 Å². The molecule has 1 aliphatic carbocycles. The van der Waals surface area contributed by atoms with E-state index in [0.29, 0.717) is 21.4 Å². The Labute approximate surface area is 104 Å². The standard InChI is InChI=1S/C11H13Cl2NO2/c1-16-7-3-2-6(8(12)9(7)13)10(15)11(14)4-5-11/h2-3,10,15H,4-5,14H2,1H3. The van der Waals surface area contributed by atoms with Crippen LogP contribution in [0, 0.1) is 0 Å². The fourth-order valence-corrected chi connectivity index (χ4v) is 2.15. The number of ether oxygens (including phenoxy) is 1. The van der Waals surface area contributed by atoms with Crippen LogP contribution in [0.15, 0.2) is 12.1 Å². The molecule has 1 aromatic carbocycles. The zero-order valence-electron chi connectivity index (χ0n) is 8.84. The van der Waals surface area contributed by atoms with Crippen LogP contribution in [0.4, 0.5) is 0 Å². The molecular formula is C11H13Cl2NO2. The Hall–Kier alpha value is -0.480. The summed E-state index contributed by atoms with van der Waals surface area (Å²) >= 11 is 12.1. The second kappa shape index (κ2) is 4.08. The first-order chi connectivity index (χ1) is 7.49. The molecule has 0 bridgehead atoms. The van der Waals surface area contributed by atoms with Gasteiger partial charge in [-0.1, -0.05) is 29.3 Å². The summed E-state index contributed by atoms with van der Waals surface area (Å²) in [4.78, 5) is 0. The van der Waals surface area contributed by atoms with Gasteiger partial charge in [-0.3, -0.25) is 0 Å². The molecule has 0 aliphatic heterocycles. The molecule has 1 unspecified atom stereocenters. The third-order valence-electron chi connectivity index (χ3n) is 2.96. The first-order valence-electron chi connectivity index (χ1n) is 4.98. The molecule has 0 radical (unpaired) electrons. The van der Waals surface area contributed by atoms with Crippen LogP contribution in [-0.4, -0.2) is 17.8 Å². The van der Waals surface area contributed by atoms with E-state index in [0.717, 1.165) is 12.8 Å². The van der Waals surface area contributed by atoms with Crippen LogP contribution in [-0.2, 0) is 0 Å². The molecule has 0 spiro atoms. The summed E-state index contributed by atoms with van der Waals surface area (Å²) in [6, 6.07) is 3.38. The molecule has 0 amide bonds. The number of aliphatic hydroxyl groups is 1. The molecule has 1 fully saturated rings. The van der Waals surface area contributed by atoms with Crippen molar-refractivity contribution in [2.45, 2.75) is 24.5 Å². The fraction of sp³-hybridized carbons (Fsp3) is 0.455. The van der Waals surface area contributed by atoms with Crippen LogP contribution in [0.3, 0.4) is 0 Å². The summed E-state index contributed by atoms with van der Waals surface area (Å²) in [6.45, 7) is 0. The van der Waals surface area contributed by atoms with Gasteiger partial charge < -0.3 is 15.6 Å². The van der Waals surface area contributed by atoms with Gasteiger partial charge in [0.2, 0.25) is 0 Å². The Bertz CT molecular complexity index is 419. The highest BCUT2D eigenvalue weighted by molar-refractivity contribution is 6.43. The maximum atomic E-state index is 10.1. The first-order valence-corrected chi connectivity index (χ1v) is 5.74. The quantitative estimate of drug-likeness (QED) is 0.880. The Morgan fingerprint density at radius 2 is 2.00 bits per heavy atom. The summed E-state index contributed by atoms with van der Waals surface area (Å²) in [7, 11) is 1.51. The third-order valence-corrected chi connectivity index (χ3v) is 3.84. The van der Waals surface area contributed by atoms with E-state index < -0.39 is 11.6 Å². The molecule has 3 N–H and O–H groups in total. The van der Waals surface area contributed by atoms with Crippen LogP contribution in [0.2, 0.25) is 10.0 Å². The van der Waals surface area contributed by atoms with Crippen molar-refractivity contribution in [1.29, 1.82) is 0 Å². The minimum absolute atomic E-state index is 0.310. The number of rotatable bonds is 3. The monoisotopic (exact) mass is 261 g/mol. The van der Waals surface area contributed by atoms with E-state index in [9.17, 15) is 5.11 Å². The number of halogens is 2. The summed E-state index contributed by atoms with van der Waals surface area (Å²) < 4.78 is 5.03. The van der Waals surface area contributed by atoms with Gasteiger partial charge in [0.05, 0.1) is 18.2 Å². The number of hydrogen-bond donors (Lipinski definition) is 2. The molecule has 0 heterocycles. The molecule has 16 heavy (non-hydrogen) atoms. The number of nitrogens with two attached hydrogens (primary N) is 1. The van der Waals surface area contributed by atoms with E-state index in [4.69, 9.17) is 33.7 Å². The smallest absolute Gasteiger partial charge is 0.139 e. The Kier molecular flexibility index (Phi) is 3.05. The highest BCUT2D eigenvalue weighted by atomic mass is 35.5. The van der Waals surface area contributed by atoms with E-state index in [1.54, 1.807) is 12.1 Å². The molecule has 0 saturated heterocycles. The van der Waals surface area contributed by atoms with E-state index in [1.165, 1.54) is 7.11 Å². The lowest BCUT2D eigenvalue weighted by Gasteiger charge is -2.20. The van der Waals surface area contributed by atoms with Crippen LogP contribution in [0.1, 0.15) is 24.5 Å². The summed E-state index contributed by atoms with van der Waals surface area (Å²) in [6.07, 6.45) is 0.825. The lowest BCUT2D eigenvalue weighted by atomic mass is 10.0. The number of benzene rings is 1.